The molecule has 43 heavy (non-hydrogen) atoms. The summed E-state index contributed by atoms with van der Waals surface area (Å²) in [4.78, 5) is 13.7. The van der Waals surface area contributed by atoms with Crippen molar-refractivity contribution in [2.45, 2.75) is 68.3 Å². The Balaban J connectivity index is 1.60. The van der Waals surface area contributed by atoms with Crippen LogP contribution in [-0.4, -0.2) is 119 Å². The molecule has 0 saturated carbocycles. The summed E-state index contributed by atoms with van der Waals surface area (Å²) in [6.45, 7) is 0.582. The van der Waals surface area contributed by atoms with Crippen LogP contribution in [0.1, 0.15) is 6.92 Å². The van der Waals surface area contributed by atoms with Crippen molar-refractivity contribution < 1.29 is 74.4 Å². The molecular weight excluding hydrogens is 580 g/mol. The van der Waals surface area contributed by atoms with Gasteiger partial charge in [-0.25, -0.2) is 0 Å². The summed E-state index contributed by atoms with van der Waals surface area (Å²) < 4.78 is 28.3. The Hall–Kier alpha value is -3.71. The molecule has 2 aromatic carbocycles. The number of phenols is 4. The normalized spacial score (nSPS) is 33.0. The minimum atomic E-state index is -1.91. The van der Waals surface area contributed by atoms with Crippen LogP contribution in [-0.2, 0) is 14.2 Å². The fraction of sp³-hybridized carbons (Fsp3) is 0.444. The van der Waals surface area contributed by atoms with Gasteiger partial charge in [-0.3, -0.25) is 4.79 Å². The lowest BCUT2D eigenvalue weighted by molar-refractivity contribution is -0.355. The van der Waals surface area contributed by atoms with Crippen LogP contribution in [0.15, 0.2) is 39.5 Å². The van der Waals surface area contributed by atoms with Crippen LogP contribution in [0.5, 0.6) is 28.7 Å². The van der Waals surface area contributed by atoms with Gasteiger partial charge in [0.15, 0.2) is 29.7 Å². The third kappa shape index (κ3) is 5.55. The van der Waals surface area contributed by atoms with Crippen LogP contribution in [0.25, 0.3) is 22.3 Å². The first-order valence-corrected chi connectivity index (χ1v) is 13.0. The van der Waals surface area contributed by atoms with Crippen molar-refractivity contribution in [3.05, 3.63) is 40.6 Å². The van der Waals surface area contributed by atoms with Gasteiger partial charge in [-0.1, -0.05) is 0 Å². The van der Waals surface area contributed by atoms with Crippen LogP contribution < -0.4 is 10.2 Å². The van der Waals surface area contributed by atoms with E-state index < -0.39 is 108 Å². The molecule has 2 saturated heterocycles. The molecule has 0 bridgehead atoms. The lowest BCUT2D eigenvalue weighted by Gasteiger charge is -2.45. The van der Waals surface area contributed by atoms with Crippen LogP contribution in [0.3, 0.4) is 0 Å². The fourth-order valence-electron chi connectivity index (χ4n) is 4.92. The summed E-state index contributed by atoms with van der Waals surface area (Å²) in [7, 11) is 0. The van der Waals surface area contributed by atoms with Crippen molar-refractivity contribution in [2.75, 3.05) is 6.61 Å². The van der Waals surface area contributed by atoms with Gasteiger partial charge in [0.05, 0.1) is 12.7 Å². The zero-order chi connectivity index (χ0) is 31.3. The summed E-state index contributed by atoms with van der Waals surface area (Å²) in [6, 6.07) is 5.27. The van der Waals surface area contributed by atoms with E-state index in [4.69, 9.17) is 23.4 Å². The molecule has 2 aliphatic heterocycles. The van der Waals surface area contributed by atoms with E-state index in [-0.39, 0.29) is 16.9 Å². The monoisotopic (exact) mass is 610 g/mol. The second-order valence-corrected chi connectivity index (χ2v) is 10.2. The Morgan fingerprint density at radius 3 is 2.19 bits per heavy atom. The molecule has 0 unspecified atom stereocenters. The van der Waals surface area contributed by atoms with Crippen LogP contribution in [0.4, 0.5) is 0 Å². The van der Waals surface area contributed by atoms with Crippen LogP contribution in [0.2, 0.25) is 0 Å². The van der Waals surface area contributed by atoms with Gasteiger partial charge in [-0.2, -0.15) is 0 Å². The number of fused-ring (bicyclic) bond motifs is 1. The molecule has 10 N–H and O–H groups in total. The minimum absolute atomic E-state index is 0.0250. The first kappa shape index (κ1) is 30.7. The van der Waals surface area contributed by atoms with E-state index in [2.05, 4.69) is 0 Å². The lowest BCUT2D eigenvalue weighted by Crippen LogP contribution is -2.64. The zero-order valence-electron chi connectivity index (χ0n) is 22.3. The Bertz CT molecular complexity index is 1540. The van der Waals surface area contributed by atoms with Crippen molar-refractivity contribution in [1.29, 1.82) is 0 Å². The quantitative estimate of drug-likeness (QED) is 0.140. The minimum Gasteiger partial charge on any atom is -0.508 e. The number of aromatic hydroxyl groups is 4. The molecule has 16 heteroatoms. The third-order valence-corrected chi connectivity index (χ3v) is 7.31. The number of ether oxygens (including phenoxy) is 4. The van der Waals surface area contributed by atoms with Crippen LogP contribution >= 0.6 is 0 Å². The summed E-state index contributed by atoms with van der Waals surface area (Å²) >= 11 is 0. The van der Waals surface area contributed by atoms with Gasteiger partial charge in [0, 0.05) is 17.7 Å². The van der Waals surface area contributed by atoms with Crippen molar-refractivity contribution >= 4 is 11.0 Å². The second kappa shape index (κ2) is 11.8. The molecule has 0 radical (unpaired) electrons. The third-order valence-electron chi connectivity index (χ3n) is 7.31. The van der Waals surface area contributed by atoms with Gasteiger partial charge in [0.1, 0.15) is 59.1 Å². The van der Waals surface area contributed by atoms with Gasteiger partial charge >= 0.3 is 0 Å². The Kier molecular flexibility index (Phi) is 8.41. The number of hydrogen-bond acceptors (Lipinski definition) is 16. The number of hydrogen-bond donors (Lipinski definition) is 10. The fourth-order valence-corrected chi connectivity index (χ4v) is 4.92. The van der Waals surface area contributed by atoms with E-state index in [9.17, 15) is 55.9 Å². The maximum atomic E-state index is 13.7. The highest BCUT2D eigenvalue weighted by molar-refractivity contribution is 5.88. The summed E-state index contributed by atoms with van der Waals surface area (Å²) in [6.07, 6.45) is -16.8. The van der Waals surface area contributed by atoms with Crippen molar-refractivity contribution in [3.63, 3.8) is 0 Å². The lowest BCUT2D eigenvalue weighted by atomic mass is 9.97. The molecule has 3 aromatic rings. The Morgan fingerprint density at radius 1 is 0.791 bits per heavy atom. The van der Waals surface area contributed by atoms with Gasteiger partial charge in [-0.05, 0) is 25.1 Å². The molecule has 0 spiro atoms. The molecule has 3 heterocycles. The average molecular weight is 611 g/mol. The summed E-state index contributed by atoms with van der Waals surface area (Å²) in [5, 5.41) is 101. The molecule has 10 atom stereocenters. The first-order chi connectivity index (χ1) is 20.3. The van der Waals surface area contributed by atoms with Gasteiger partial charge in [-0.15, -0.1) is 0 Å². The summed E-state index contributed by atoms with van der Waals surface area (Å²) in [5.41, 5.74) is -1.33. The van der Waals surface area contributed by atoms with E-state index in [1.165, 1.54) is 13.0 Å². The smallest absolute Gasteiger partial charge is 0.239 e. The van der Waals surface area contributed by atoms with Gasteiger partial charge in [0.25, 0.3) is 0 Å². The standard InChI is InChI=1S/C27H30O16/c1-8-17(33)21(37)25(43-26-22(38)20(36)18(34)15(7-28)41-26)27(39-8)42-24-19(35)16-13(32)5-10(29)6-14(16)40-23(24)9-2-3-11(30)12(31)4-9/h2-6,8,15,17-18,20-22,25-34,36-38H,7H2,1H3/t8-,15-,17-,18-,20+,21+,22-,25+,26+,27+/m1/s1. The molecule has 234 valence electrons. The SMILES string of the molecule is C[C@H]1O[C@@H](Oc2c(-c3ccc(O)c(O)c3)oc3cc(O)cc(O)c3c2=O)[C@@H](O[C@@H]2O[C@H](CO)[C@@H](O)[C@H](O)[C@H]2O)[C@@H](O)[C@@H]1O. The largest absolute Gasteiger partial charge is 0.508 e. The second-order valence-electron chi connectivity index (χ2n) is 10.2. The summed E-state index contributed by atoms with van der Waals surface area (Å²) in [5.74, 6) is -3.29. The number of aliphatic hydroxyl groups is 6. The average Bonchev–Trinajstić information content (AvgIpc) is 2.96. The van der Waals surface area contributed by atoms with E-state index in [0.717, 1.165) is 24.3 Å². The molecule has 0 aliphatic carbocycles. The first-order valence-electron chi connectivity index (χ1n) is 13.0. The molecule has 2 fully saturated rings. The predicted octanol–water partition coefficient (Wildman–Crippen LogP) is -1.69. The predicted molar refractivity (Wildman–Crippen MR) is 140 cm³/mol. The van der Waals surface area contributed by atoms with Crippen molar-refractivity contribution in [2.24, 2.45) is 0 Å². The molecule has 16 nitrogen and oxygen atoms in total. The molecule has 2 aliphatic rings. The van der Waals surface area contributed by atoms with Gasteiger partial charge < -0.3 is 74.4 Å². The zero-order valence-corrected chi connectivity index (χ0v) is 22.3. The molecule has 0 amide bonds. The number of benzene rings is 2. The number of aliphatic hydroxyl groups excluding tert-OH is 6. The van der Waals surface area contributed by atoms with Gasteiger partial charge in [0.2, 0.25) is 17.5 Å². The molecule has 1 aromatic heterocycles. The highest BCUT2D eigenvalue weighted by Crippen LogP contribution is 2.40. The highest BCUT2D eigenvalue weighted by atomic mass is 16.8. The van der Waals surface area contributed by atoms with E-state index in [1.54, 1.807) is 0 Å². The molecule has 5 rings (SSSR count). The Labute approximate surface area is 241 Å². The highest BCUT2D eigenvalue weighted by Gasteiger charge is 2.51. The number of rotatable bonds is 6. The Morgan fingerprint density at radius 2 is 1.51 bits per heavy atom. The van der Waals surface area contributed by atoms with Crippen molar-refractivity contribution in [1.82, 2.24) is 0 Å². The number of phenolic OH excluding ortho intramolecular Hbond substituents is 4. The topological polar surface area (TPSA) is 269 Å². The van der Waals surface area contributed by atoms with E-state index in [0.29, 0.717) is 0 Å². The van der Waals surface area contributed by atoms with Crippen LogP contribution in [0, 0.1) is 0 Å². The van der Waals surface area contributed by atoms with E-state index in [1.807, 2.05) is 0 Å². The van der Waals surface area contributed by atoms with Crippen molar-refractivity contribution in [3.8, 4) is 40.1 Å². The maximum Gasteiger partial charge on any atom is 0.239 e. The van der Waals surface area contributed by atoms with E-state index >= 15 is 0 Å². The maximum absolute atomic E-state index is 13.7. The molecular formula is C27H30O16.